The van der Waals surface area contributed by atoms with Crippen LogP contribution < -0.4 is 5.73 Å². The molecule has 2 aromatic heterocycles. The third kappa shape index (κ3) is 4.07. The maximum Gasteiger partial charge on any atom is 0.174 e. The van der Waals surface area contributed by atoms with Crippen molar-refractivity contribution in [2.75, 3.05) is 0 Å². The lowest BCUT2D eigenvalue weighted by Gasteiger charge is -1.96. The van der Waals surface area contributed by atoms with Crippen LogP contribution >= 0.6 is 11.6 Å². The van der Waals surface area contributed by atoms with Crippen molar-refractivity contribution in [3.63, 3.8) is 0 Å². The number of para-hydroxylation sites is 1. The monoisotopic (exact) mass is 376 g/mol. The number of fused-ring (bicyclic) bond motifs is 1. The Morgan fingerprint density at radius 3 is 2.96 bits per heavy atom. The molecule has 134 valence electrons. The molecule has 27 heavy (non-hydrogen) atoms. The SMILES string of the molecule is NC(/C=C\c1n[nH]c(Cc2c[nH]c3ccccc23)n1)=Nc1cccc(Cl)c1. The Morgan fingerprint density at radius 2 is 2.07 bits per heavy atom. The van der Waals surface area contributed by atoms with Crippen LogP contribution in [-0.2, 0) is 6.42 Å². The lowest BCUT2D eigenvalue weighted by molar-refractivity contribution is 0.976. The Bertz CT molecular complexity index is 1140. The normalized spacial score (nSPS) is 12.3. The Labute approximate surface area is 160 Å². The second kappa shape index (κ2) is 7.47. The maximum absolute atomic E-state index is 5.94. The van der Waals surface area contributed by atoms with Gasteiger partial charge in [0.15, 0.2) is 5.82 Å². The van der Waals surface area contributed by atoms with Crippen LogP contribution in [0.25, 0.3) is 17.0 Å². The van der Waals surface area contributed by atoms with Crippen molar-refractivity contribution in [1.29, 1.82) is 0 Å². The Morgan fingerprint density at radius 1 is 1.19 bits per heavy atom. The second-order valence-corrected chi connectivity index (χ2v) is 6.46. The first-order chi connectivity index (χ1) is 13.2. The van der Waals surface area contributed by atoms with Gasteiger partial charge in [0.05, 0.1) is 5.69 Å². The molecular weight excluding hydrogens is 360 g/mol. The van der Waals surface area contributed by atoms with Crippen LogP contribution in [-0.4, -0.2) is 26.0 Å². The summed E-state index contributed by atoms with van der Waals surface area (Å²) >= 11 is 5.94. The lowest BCUT2D eigenvalue weighted by Crippen LogP contribution is -2.06. The number of hydrogen-bond acceptors (Lipinski definition) is 3. The smallest absolute Gasteiger partial charge is 0.174 e. The van der Waals surface area contributed by atoms with E-state index >= 15 is 0 Å². The first-order valence-corrected chi connectivity index (χ1v) is 8.79. The van der Waals surface area contributed by atoms with Crippen molar-refractivity contribution < 1.29 is 0 Å². The molecule has 0 amide bonds. The number of aromatic nitrogens is 4. The van der Waals surface area contributed by atoms with Gasteiger partial charge in [0.1, 0.15) is 11.7 Å². The molecule has 0 fully saturated rings. The molecule has 0 saturated carbocycles. The standard InChI is InChI=1S/C20H17ClN6/c21-14-4-3-5-15(11-14)24-18(22)8-9-19-25-20(27-26-19)10-13-12-23-17-7-2-1-6-16(13)17/h1-9,11-12,23H,10H2,(H2,22,24)(H,25,26,27)/b9-8-. The molecule has 2 aromatic carbocycles. The number of amidine groups is 1. The molecule has 0 spiro atoms. The zero-order valence-electron chi connectivity index (χ0n) is 14.4. The van der Waals surface area contributed by atoms with E-state index in [2.05, 4.69) is 37.3 Å². The van der Waals surface area contributed by atoms with E-state index in [4.69, 9.17) is 17.3 Å². The summed E-state index contributed by atoms with van der Waals surface area (Å²) in [6, 6.07) is 15.4. The van der Waals surface area contributed by atoms with Gasteiger partial charge in [0.2, 0.25) is 0 Å². The van der Waals surface area contributed by atoms with Gasteiger partial charge in [-0.25, -0.2) is 9.98 Å². The summed E-state index contributed by atoms with van der Waals surface area (Å²) < 4.78 is 0. The van der Waals surface area contributed by atoms with Gasteiger partial charge in [-0.1, -0.05) is 35.9 Å². The molecule has 0 bridgehead atoms. The summed E-state index contributed by atoms with van der Waals surface area (Å²) in [5, 5.41) is 8.97. The van der Waals surface area contributed by atoms with E-state index < -0.39 is 0 Å². The average molecular weight is 377 g/mol. The second-order valence-electron chi connectivity index (χ2n) is 6.03. The van der Waals surface area contributed by atoms with Crippen molar-refractivity contribution >= 4 is 40.1 Å². The van der Waals surface area contributed by atoms with E-state index in [9.17, 15) is 0 Å². The van der Waals surface area contributed by atoms with Crippen LogP contribution in [0, 0.1) is 0 Å². The molecule has 6 nitrogen and oxygen atoms in total. The third-order valence-corrected chi connectivity index (χ3v) is 4.29. The fourth-order valence-electron chi connectivity index (χ4n) is 2.81. The van der Waals surface area contributed by atoms with Crippen molar-refractivity contribution in [3.8, 4) is 0 Å². The maximum atomic E-state index is 5.94. The van der Waals surface area contributed by atoms with Crippen molar-refractivity contribution in [3.05, 3.63) is 83.0 Å². The highest BCUT2D eigenvalue weighted by atomic mass is 35.5. The van der Waals surface area contributed by atoms with E-state index in [1.807, 2.05) is 30.5 Å². The van der Waals surface area contributed by atoms with E-state index in [0.717, 1.165) is 11.3 Å². The number of benzene rings is 2. The first kappa shape index (κ1) is 17.1. The molecule has 0 aliphatic heterocycles. The fourth-order valence-corrected chi connectivity index (χ4v) is 3.00. The van der Waals surface area contributed by atoms with Gasteiger partial charge >= 0.3 is 0 Å². The summed E-state index contributed by atoms with van der Waals surface area (Å²) in [6.45, 7) is 0. The summed E-state index contributed by atoms with van der Waals surface area (Å²) in [4.78, 5) is 12.0. The van der Waals surface area contributed by atoms with E-state index in [1.54, 1.807) is 24.3 Å². The van der Waals surface area contributed by atoms with E-state index in [-0.39, 0.29) is 0 Å². The van der Waals surface area contributed by atoms with Crippen LogP contribution in [0.15, 0.2) is 65.8 Å². The number of nitrogens with one attached hydrogen (secondary N) is 2. The van der Waals surface area contributed by atoms with E-state index in [0.29, 0.717) is 28.8 Å². The van der Waals surface area contributed by atoms with Crippen molar-refractivity contribution in [1.82, 2.24) is 20.2 Å². The third-order valence-electron chi connectivity index (χ3n) is 4.05. The van der Waals surface area contributed by atoms with Gasteiger partial charge in [-0.2, -0.15) is 5.10 Å². The quantitative estimate of drug-likeness (QED) is 0.359. The van der Waals surface area contributed by atoms with Gasteiger partial charge in [0, 0.05) is 28.5 Å². The predicted molar refractivity (Wildman–Crippen MR) is 109 cm³/mol. The summed E-state index contributed by atoms with van der Waals surface area (Å²) in [6.07, 6.45) is 6.05. The predicted octanol–water partition coefficient (Wildman–Crippen LogP) is 4.23. The lowest BCUT2D eigenvalue weighted by atomic mass is 10.1. The van der Waals surface area contributed by atoms with Gasteiger partial charge in [0.25, 0.3) is 0 Å². The zero-order valence-corrected chi connectivity index (χ0v) is 15.1. The highest BCUT2D eigenvalue weighted by Crippen LogP contribution is 2.20. The van der Waals surface area contributed by atoms with E-state index in [1.165, 1.54) is 10.9 Å². The Balaban J connectivity index is 1.47. The van der Waals surface area contributed by atoms with Gasteiger partial charge < -0.3 is 10.7 Å². The topological polar surface area (TPSA) is 95.7 Å². The number of aliphatic imine (C=N–C) groups is 1. The molecule has 4 aromatic rings. The number of H-pyrrole nitrogens is 2. The molecule has 0 saturated heterocycles. The summed E-state index contributed by atoms with van der Waals surface area (Å²) in [5.41, 5.74) is 8.90. The highest BCUT2D eigenvalue weighted by molar-refractivity contribution is 6.30. The molecule has 0 unspecified atom stereocenters. The van der Waals surface area contributed by atoms with Gasteiger partial charge in [-0.05, 0) is 42.0 Å². The number of nitrogens with two attached hydrogens (primary N) is 1. The van der Waals surface area contributed by atoms with Crippen LogP contribution in [0.2, 0.25) is 5.02 Å². The van der Waals surface area contributed by atoms with Crippen molar-refractivity contribution in [2.24, 2.45) is 10.7 Å². The Hall–Kier alpha value is -3.38. The molecule has 7 heteroatoms. The Kier molecular flexibility index (Phi) is 4.72. The minimum absolute atomic E-state index is 0.347. The minimum atomic E-state index is 0.347. The largest absolute Gasteiger partial charge is 0.384 e. The average Bonchev–Trinajstić information content (AvgIpc) is 3.28. The van der Waals surface area contributed by atoms with Crippen LogP contribution in [0.4, 0.5) is 5.69 Å². The zero-order chi connectivity index (χ0) is 18.6. The number of nitrogens with zero attached hydrogens (tertiary/aromatic N) is 3. The molecule has 4 rings (SSSR count). The van der Waals surface area contributed by atoms with Crippen LogP contribution in [0.1, 0.15) is 17.2 Å². The minimum Gasteiger partial charge on any atom is -0.384 e. The van der Waals surface area contributed by atoms with Crippen LogP contribution in [0.5, 0.6) is 0 Å². The van der Waals surface area contributed by atoms with Gasteiger partial charge in [-0.3, -0.25) is 5.10 Å². The first-order valence-electron chi connectivity index (χ1n) is 8.41. The number of rotatable bonds is 5. The van der Waals surface area contributed by atoms with Crippen molar-refractivity contribution in [2.45, 2.75) is 6.42 Å². The fraction of sp³-hybridized carbons (Fsp3) is 0.0500. The molecule has 0 atom stereocenters. The van der Waals surface area contributed by atoms with Crippen LogP contribution in [0.3, 0.4) is 0 Å². The summed E-state index contributed by atoms with van der Waals surface area (Å²) in [7, 11) is 0. The number of hydrogen-bond donors (Lipinski definition) is 3. The highest BCUT2D eigenvalue weighted by Gasteiger charge is 2.07. The van der Waals surface area contributed by atoms with Gasteiger partial charge in [-0.15, -0.1) is 0 Å². The number of aromatic amines is 2. The molecule has 0 aliphatic rings. The molecule has 0 radical (unpaired) electrons. The summed E-state index contributed by atoms with van der Waals surface area (Å²) in [5.74, 6) is 1.68. The molecular formula is C20H17ClN6. The molecule has 0 aliphatic carbocycles. The number of halogens is 1. The molecule has 4 N–H and O–H groups in total. The molecule has 2 heterocycles.